The molecule has 1 aromatic rings. The summed E-state index contributed by atoms with van der Waals surface area (Å²) in [6.07, 6.45) is 5.45. The predicted octanol–water partition coefficient (Wildman–Crippen LogP) is 2.73. The van der Waals surface area contributed by atoms with E-state index in [2.05, 4.69) is 29.1 Å². The molecule has 0 aliphatic rings. The van der Waals surface area contributed by atoms with Crippen LogP contribution in [0.1, 0.15) is 45.2 Å². The van der Waals surface area contributed by atoms with E-state index in [1.54, 1.807) is 6.33 Å². The quantitative estimate of drug-likeness (QED) is 0.718. The van der Waals surface area contributed by atoms with Crippen LogP contribution < -0.4 is 5.32 Å². The first-order valence-electron chi connectivity index (χ1n) is 6.92. The first kappa shape index (κ1) is 15.4. The number of anilines is 1. The Morgan fingerprint density at radius 1 is 1.37 bits per heavy atom. The molecule has 19 heavy (non-hydrogen) atoms. The molecular formula is C14H23N3O2. The van der Waals surface area contributed by atoms with Crippen molar-refractivity contribution in [2.75, 3.05) is 11.9 Å². The third-order valence-electron chi connectivity index (χ3n) is 3.29. The van der Waals surface area contributed by atoms with Gasteiger partial charge < -0.3 is 10.4 Å². The van der Waals surface area contributed by atoms with Crippen molar-refractivity contribution in [3.63, 3.8) is 0 Å². The van der Waals surface area contributed by atoms with Crippen LogP contribution in [0.3, 0.4) is 0 Å². The molecule has 5 heteroatoms. The van der Waals surface area contributed by atoms with Gasteiger partial charge in [-0.15, -0.1) is 0 Å². The minimum atomic E-state index is -0.713. The number of carboxylic acid groups (broad SMARTS) is 1. The summed E-state index contributed by atoms with van der Waals surface area (Å²) in [6.45, 7) is 4.98. The van der Waals surface area contributed by atoms with Gasteiger partial charge in [0.2, 0.25) is 0 Å². The molecule has 0 saturated heterocycles. The zero-order chi connectivity index (χ0) is 14.1. The molecule has 0 spiro atoms. The van der Waals surface area contributed by atoms with E-state index in [1.807, 2.05) is 6.07 Å². The maximum atomic E-state index is 10.6. The van der Waals surface area contributed by atoms with E-state index in [4.69, 9.17) is 5.11 Å². The summed E-state index contributed by atoms with van der Waals surface area (Å²) in [5, 5.41) is 12.0. The second-order valence-corrected chi connectivity index (χ2v) is 4.67. The van der Waals surface area contributed by atoms with Gasteiger partial charge in [0.05, 0.1) is 0 Å². The van der Waals surface area contributed by atoms with Crippen LogP contribution in [0.15, 0.2) is 12.4 Å². The highest BCUT2D eigenvalue weighted by Gasteiger charge is 2.08. The molecule has 0 saturated carbocycles. The molecule has 106 valence electrons. The molecule has 0 fully saturated rings. The molecule has 0 radical (unpaired) electrons. The molecule has 5 nitrogen and oxygen atoms in total. The highest BCUT2D eigenvalue weighted by Crippen LogP contribution is 2.15. The topological polar surface area (TPSA) is 75.1 Å². The molecular weight excluding hydrogens is 242 g/mol. The van der Waals surface area contributed by atoms with Gasteiger partial charge in [-0.2, -0.15) is 0 Å². The molecule has 1 rings (SSSR count). The number of hydrogen-bond donors (Lipinski definition) is 2. The van der Waals surface area contributed by atoms with Crippen LogP contribution in [0.2, 0.25) is 0 Å². The number of carboxylic acids is 1. The molecule has 1 aromatic heterocycles. The molecule has 2 N–H and O–H groups in total. The molecule has 0 aliphatic heterocycles. The number of aromatic nitrogens is 2. The van der Waals surface area contributed by atoms with Crippen LogP contribution in [-0.4, -0.2) is 27.6 Å². The van der Waals surface area contributed by atoms with Crippen molar-refractivity contribution in [1.82, 2.24) is 9.97 Å². The lowest BCUT2D eigenvalue weighted by Crippen LogP contribution is -2.11. The van der Waals surface area contributed by atoms with Gasteiger partial charge in [0.1, 0.15) is 12.1 Å². The molecule has 0 bridgehead atoms. The fraction of sp³-hybridized carbons (Fsp3) is 0.643. The molecule has 1 unspecified atom stereocenters. The SMILES string of the molecule is CCc1cc(NCCC(CC)CCC(=O)O)ncn1. The van der Waals surface area contributed by atoms with Crippen molar-refractivity contribution in [2.45, 2.75) is 46.0 Å². The van der Waals surface area contributed by atoms with Crippen LogP contribution >= 0.6 is 0 Å². The maximum absolute atomic E-state index is 10.6. The fourth-order valence-electron chi connectivity index (χ4n) is 1.97. The summed E-state index contributed by atoms with van der Waals surface area (Å²) < 4.78 is 0. The van der Waals surface area contributed by atoms with Gasteiger partial charge in [-0.25, -0.2) is 9.97 Å². The van der Waals surface area contributed by atoms with Gasteiger partial charge in [-0.05, 0) is 25.2 Å². The molecule has 0 aromatic carbocycles. The van der Waals surface area contributed by atoms with E-state index in [0.717, 1.165) is 43.7 Å². The zero-order valence-corrected chi connectivity index (χ0v) is 11.7. The third kappa shape index (κ3) is 6.18. The molecule has 1 heterocycles. The van der Waals surface area contributed by atoms with Gasteiger partial charge in [0.15, 0.2) is 0 Å². The van der Waals surface area contributed by atoms with Gasteiger partial charge in [-0.1, -0.05) is 20.3 Å². The summed E-state index contributed by atoms with van der Waals surface area (Å²) in [4.78, 5) is 18.9. The number of carbonyl (C=O) groups is 1. The van der Waals surface area contributed by atoms with Crippen LogP contribution in [-0.2, 0) is 11.2 Å². The lowest BCUT2D eigenvalue weighted by molar-refractivity contribution is -0.137. The predicted molar refractivity (Wildman–Crippen MR) is 75.2 cm³/mol. The van der Waals surface area contributed by atoms with Crippen LogP contribution in [0.25, 0.3) is 0 Å². The van der Waals surface area contributed by atoms with Gasteiger partial charge >= 0.3 is 5.97 Å². The molecule has 0 aliphatic carbocycles. The first-order chi connectivity index (χ1) is 9.15. The normalized spacial score (nSPS) is 12.1. The average molecular weight is 265 g/mol. The van der Waals surface area contributed by atoms with Crippen molar-refractivity contribution in [2.24, 2.45) is 5.92 Å². The summed E-state index contributed by atoms with van der Waals surface area (Å²) in [7, 11) is 0. The van der Waals surface area contributed by atoms with Crippen LogP contribution in [0, 0.1) is 5.92 Å². The Balaban J connectivity index is 2.32. The van der Waals surface area contributed by atoms with Crippen molar-refractivity contribution in [1.29, 1.82) is 0 Å². The number of nitrogens with one attached hydrogen (secondary N) is 1. The minimum absolute atomic E-state index is 0.256. The van der Waals surface area contributed by atoms with Gasteiger partial charge in [0, 0.05) is 24.7 Å². The van der Waals surface area contributed by atoms with Gasteiger partial charge in [-0.3, -0.25) is 4.79 Å². The number of aryl methyl sites for hydroxylation is 1. The van der Waals surface area contributed by atoms with Crippen molar-refractivity contribution in [3.8, 4) is 0 Å². The third-order valence-corrected chi connectivity index (χ3v) is 3.29. The first-order valence-corrected chi connectivity index (χ1v) is 6.92. The molecule has 1 atom stereocenters. The highest BCUT2D eigenvalue weighted by atomic mass is 16.4. The van der Waals surface area contributed by atoms with Crippen molar-refractivity contribution >= 4 is 11.8 Å². The van der Waals surface area contributed by atoms with Crippen LogP contribution in [0.4, 0.5) is 5.82 Å². The zero-order valence-electron chi connectivity index (χ0n) is 11.7. The summed E-state index contributed by atoms with van der Waals surface area (Å²) in [5.41, 5.74) is 1.02. The smallest absolute Gasteiger partial charge is 0.303 e. The number of rotatable bonds is 9. The standard InChI is InChI=1S/C14H23N3O2/c1-3-11(5-6-14(18)19)7-8-15-13-9-12(4-2)16-10-17-13/h9-11H,3-8H2,1-2H3,(H,18,19)(H,15,16,17). The Hall–Kier alpha value is -1.65. The van der Waals surface area contributed by atoms with E-state index >= 15 is 0 Å². The monoisotopic (exact) mass is 265 g/mol. The highest BCUT2D eigenvalue weighted by molar-refractivity contribution is 5.66. The lowest BCUT2D eigenvalue weighted by Gasteiger charge is -2.14. The van der Waals surface area contributed by atoms with Gasteiger partial charge in [0.25, 0.3) is 0 Å². The van der Waals surface area contributed by atoms with E-state index in [-0.39, 0.29) is 6.42 Å². The summed E-state index contributed by atoms with van der Waals surface area (Å²) in [6, 6.07) is 1.96. The Morgan fingerprint density at radius 3 is 2.79 bits per heavy atom. The summed E-state index contributed by atoms with van der Waals surface area (Å²) in [5.74, 6) is 0.589. The maximum Gasteiger partial charge on any atom is 0.303 e. The Kier molecular flexibility index (Phi) is 6.85. The Bertz CT molecular complexity index is 396. The van der Waals surface area contributed by atoms with Crippen molar-refractivity contribution in [3.05, 3.63) is 18.1 Å². The second kappa shape index (κ2) is 8.45. The fourth-order valence-corrected chi connectivity index (χ4v) is 1.97. The largest absolute Gasteiger partial charge is 0.481 e. The van der Waals surface area contributed by atoms with Crippen LogP contribution in [0.5, 0.6) is 0 Å². The van der Waals surface area contributed by atoms with Crippen molar-refractivity contribution < 1.29 is 9.90 Å². The van der Waals surface area contributed by atoms with E-state index in [9.17, 15) is 4.79 Å². The van der Waals surface area contributed by atoms with E-state index < -0.39 is 5.97 Å². The average Bonchev–Trinajstić information content (AvgIpc) is 2.42. The van der Waals surface area contributed by atoms with E-state index in [0.29, 0.717) is 5.92 Å². The summed E-state index contributed by atoms with van der Waals surface area (Å²) >= 11 is 0. The number of nitrogens with zero attached hydrogens (tertiary/aromatic N) is 2. The second-order valence-electron chi connectivity index (χ2n) is 4.67. The number of hydrogen-bond acceptors (Lipinski definition) is 4. The Labute approximate surface area is 114 Å². The molecule has 0 amide bonds. The Morgan fingerprint density at radius 2 is 2.16 bits per heavy atom. The minimum Gasteiger partial charge on any atom is -0.481 e. The van der Waals surface area contributed by atoms with E-state index in [1.165, 1.54) is 0 Å². The lowest BCUT2D eigenvalue weighted by atomic mass is 9.97. The number of aliphatic carboxylic acids is 1.